The van der Waals surface area contributed by atoms with E-state index in [1.165, 1.54) is 0 Å². The van der Waals surface area contributed by atoms with Crippen LogP contribution in [0.4, 0.5) is 0 Å². The second-order valence-corrected chi connectivity index (χ2v) is 4.34. The Morgan fingerprint density at radius 1 is 1.00 bits per heavy atom. The molecule has 0 bridgehead atoms. The van der Waals surface area contributed by atoms with Gasteiger partial charge in [0.1, 0.15) is 12.4 Å². The summed E-state index contributed by atoms with van der Waals surface area (Å²) in [7, 11) is 1.63. The monoisotopic (exact) mass is 273 g/mol. The number of nitrogens with one attached hydrogen (secondary N) is 1. The van der Waals surface area contributed by atoms with Gasteiger partial charge in [0.05, 0.1) is 7.11 Å². The number of ether oxygens (including phenoxy) is 2. The molecule has 0 saturated carbocycles. The van der Waals surface area contributed by atoms with Gasteiger partial charge in [-0.3, -0.25) is 0 Å². The summed E-state index contributed by atoms with van der Waals surface area (Å²) >= 11 is 0. The van der Waals surface area contributed by atoms with Crippen molar-refractivity contribution in [1.82, 2.24) is 5.32 Å². The standard InChI is InChI=1S/C16H19NO3/c1-19-15-4-2-3-5-16(15)20-11-10-17-12-13-6-8-14(18)9-7-13/h2-9,17-18H,10-12H2,1H3. The van der Waals surface area contributed by atoms with Crippen LogP contribution in [0.5, 0.6) is 17.2 Å². The molecule has 0 aliphatic carbocycles. The molecule has 0 saturated heterocycles. The summed E-state index contributed by atoms with van der Waals surface area (Å²) < 4.78 is 10.9. The fourth-order valence-corrected chi connectivity index (χ4v) is 1.82. The summed E-state index contributed by atoms with van der Waals surface area (Å²) in [6.45, 7) is 2.05. The second kappa shape index (κ2) is 7.40. The molecule has 2 aromatic carbocycles. The number of hydrogen-bond acceptors (Lipinski definition) is 4. The quantitative estimate of drug-likeness (QED) is 0.761. The molecule has 0 unspecified atom stereocenters. The Morgan fingerprint density at radius 2 is 1.70 bits per heavy atom. The number of para-hydroxylation sites is 2. The molecule has 20 heavy (non-hydrogen) atoms. The summed E-state index contributed by atoms with van der Waals surface area (Å²) in [5.41, 5.74) is 1.13. The van der Waals surface area contributed by atoms with Crippen LogP contribution in [0.3, 0.4) is 0 Å². The van der Waals surface area contributed by atoms with Crippen LogP contribution in [-0.4, -0.2) is 25.4 Å². The molecule has 2 rings (SSSR count). The van der Waals surface area contributed by atoms with Gasteiger partial charge < -0.3 is 19.9 Å². The van der Waals surface area contributed by atoms with Crippen molar-refractivity contribution in [2.45, 2.75) is 6.54 Å². The molecule has 0 fully saturated rings. The van der Waals surface area contributed by atoms with Gasteiger partial charge in [0.15, 0.2) is 11.5 Å². The Bertz CT molecular complexity index is 526. The van der Waals surface area contributed by atoms with Gasteiger partial charge in [0.25, 0.3) is 0 Å². The average Bonchev–Trinajstić information content (AvgIpc) is 2.49. The number of methoxy groups -OCH3 is 1. The van der Waals surface area contributed by atoms with Gasteiger partial charge in [-0.1, -0.05) is 24.3 Å². The minimum atomic E-state index is 0.285. The molecule has 2 N–H and O–H groups in total. The molecular formula is C16H19NO3. The third-order valence-corrected chi connectivity index (χ3v) is 2.87. The van der Waals surface area contributed by atoms with Crippen LogP contribution in [0.2, 0.25) is 0 Å². The summed E-state index contributed by atoms with van der Waals surface area (Å²) in [6.07, 6.45) is 0. The van der Waals surface area contributed by atoms with E-state index < -0.39 is 0 Å². The lowest BCUT2D eigenvalue weighted by Crippen LogP contribution is -2.20. The topological polar surface area (TPSA) is 50.7 Å². The van der Waals surface area contributed by atoms with E-state index in [1.807, 2.05) is 36.4 Å². The van der Waals surface area contributed by atoms with Crippen molar-refractivity contribution in [3.05, 3.63) is 54.1 Å². The molecule has 0 aliphatic heterocycles. The Balaban J connectivity index is 1.70. The van der Waals surface area contributed by atoms with Gasteiger partial charge in [-0.25, -0.2) is 0 Å². The first-order chi connectivity index (χ1) is 9.79. The SMILES string of the molecule is COc1ccccc1OCCNCc1ccc(O)cc1. The van der Waals surface area contributed by atoms with Crippen LogP contribution < -0.4 is 14.8 Å². The Morgan fingerprint density at radius 3 is 2.40 bits per heavy atom. The highest BCUT2D eigenvalue weighted by Crippen LogP contribution is 2.25. The summed E-state index contributed by atoms with van der Waals surface area (Å²) in [5, 5.41) is 12.5. The maximum absolute atomic E-state index is 9.19. The van der Waals surface area contributed by atoms with Crippen LogP contribution in [0.25, 0.3) is 0 Å². The largest absolute Gasteiger partial charge is 0.508 e. The maximum Gasteiger partial charge on any atom is 0.161 e. The molecule has 0 aromatic heterocycles. The van der Waals surface area contributed by atoms with E-state index in [2.05, 4.69) is 5.32 Å². The van der Waals surface area contributed by atoms with Crippen molar-refractivity contribution >= 4 is 0 Å². The average molecular weight is 273 g/mol. The van der Waals surface area contributed by atoms with Crippen molar-refractivity contribution in [1.29, 1.82) is 0 Å². The number of phenolic OH excluding ortho intramolecular Hbond substituents is 1. The zero-order valence-electron chi connectivity index (χ0n) is 11.5. The van der Waals surface area contributed by atoms with Gasteiger partial charge >= 0.3 is 0 Å². The Hall–Kier alpha value is -2.20. The highest BCUT2D eigenvalue weighted by atomic mass is 16.5. The highest BCUT2D eigenvalue weighted by Gasteiger charge is 2.01. The van der Waals surface area contributed by atoms with Gasteiger partial charge in [-0.15, -0.1) is 0 Å². The number of benzene rings is 2. The van der Waals surface area contributed by atoms with Gasteiger partial charge in [0, 0.05) is 13.1 Å². The molecule has 106 valence electrons. The maximum atomic E-state index is 9.19. The van der Waals surface area contributed by atoms with Gasteiger partial charge in [-0.05, 0) is 29.8 Å². The van der Waals surface area contributed by atoms with E-state index in [4.69, 9.17) is 9.47 Å². The Kier molecular flexibility index (Phi) is 5.26. The third-order valence-electron chi connectivity index (χ3n) is 2.87. The van der Waals surface area contributed by atoms with E-state index in [1.54, 1.807) is 19.2 Å². The van der Waals surface area contributed by atoms with E-state index >= 15 is 0 Å². The molecule has 0 amide bonds. The first kappa shape index (κ1) is 14.2. The minimum absolute atomic E-state index is 0.285. The highest BCUT2D eigenvalue weighted by molar-refractivity contribution is 5.39. The first-order valence-corrected chi connectivity index (χ1v) is 6.54. The molecule has 2 aromatic rings. The van der Waals surface area contributed by atoms with Crippen LogP contribution in [-0.2, 0) is 6.54 Å². The fraction of sp³-hybridized carbons (Fsp3) is 0.250. The van der Waals surface area contributed by atoms with Gasteiger partial charge in [0.2, 0.25) is 0 Å². The predicted octanol–water partition coefficient (Wildman–Crippen LogP) is 2.57. The van der Waals surface area contributed by atoms with Gasteiger partial charge in [-0.2, -0.15) is 0 Å². The molecule has 4 heteroatoms. The second-order valence-electron chi connectivity index (χ2n) is 4.34. The lowest BCUT2D eigenvalue weighted by Gasteiger charge is -2.10. The lowest BCUT2D eigenvalue weighted by molar-refractivity contribution is 0.292. The molecule has 0 spiro atoms. The van der Waals surface area contributed by atoms with Crippen molar-refractivity contribution in [2.75, 3.05) is 20.3 Å². The number of hydrogen-bond donors (Lipinski definition) is 2. The van der Waals surface area contributed by atoms with E-state index in [0.717, 1.165) is 30.2 Å². The number of phenols is 1. The van der Waals surface area contributed by atoms with E-state index in [0.29, 0.717) is 6.61 Å². The van der Waals surface area contributed by atoms with Crippen molar-refractivity contribution in [3.63, 3.8) is 0 Å². The van der Waals surface area contributed by atoms with Crippen molar-refractivity contribution in [2.24, 2.45) is 0 Å². The van der Waals surface area contributed by atoms with Crippen LogP contribution in [0.15, 0.2) is 48.5 Å². The predicted molar refractivity (Wildman–Crippen MR) is 78.3 cm³/mol. The first-order valence-electron chi connectivity index (χ1n) is 6.54. The van der Waals surface area contributed by atoms with E-state index in [9.17, 15) is 5.11 Å². The molecular weight excluding hydrogens is 254 g/mol. The van der Waals surface area contributed by atoms with Crippen LogP contribution >= 0.6 is 0 Å². The fourth-order valence-electron chi connectivity index (χ4n) is 1.82. The van der Waals surface area contributed by atoms with E-state index in [-0.39, 0.29) is 5.75 Å². The molecule has 4 nitrogen and oxygen atoms in total. The summed E-state index contributed by atoms with van der Waals surface area (Å²) in [4.78, 5) is 0. The van der Waals surface area contributed by atoms with Crippen molar-refractivity contribution in [3.8, 4) is 17.2 Å². The lowest BCUT2D eigenvalue weighted by atomic mass is 10.2. The normalized spacial score (nSPS) is 10.2. The minimum Gasteiger partial charge on any atom is -0.508 e. The summed E-state index contributed by atoms with van der Waals surface area (Å²) in [5.74, 6) is 1.78. The molecule has 0 heterocycles. The Labute approximate surface area is 119 Å². The molecule has 0 aliphatic rings. The number of aromatic hydroxyl groups is 1. The molecule has 0 radical (unpaired) electrons. The van der Waals surface area contributed by atoms with Crippen LogP contribution in [0, 0.1) is 0 Å². The molecule has 0 atom stereocenters. The van der Waals surface area contributed by atoms with Crippen LogP contribution in [0.1, 0.15) is 5.56 Å². The third kappa shape index (κ3) is 4.17. The smallest absolute Gasteiger partial charge is 0.161 e. The van der Waals surface area contributed by atoms with Crippen molar-refractivity contribution < 1.29 is 14.6 Å². The zero-order chi connectivity index (χ0) is 14.2. The number of rotatable bonds is 7. The zero-order valence-corrected chi connectivity index (χ0v) is 11.5. The summed E-state index contributed by atoms with van der Waals surface area (Å²) in [6, 6.07) is 14.7.